The molecule has 6 N–H and O–H groups in total. The predicted octanol–water partition coefficient (Wildman–Crippen LogP) is 5.09. The number of carboxylic acids is 1. The number of nitrogens with two attached hydrogens (primary N) is 1. The van der Waals surface area contributed by atoms with E-state index in [1.165, 1.54) is 12.7 Å². The van der Waals surface area contributed by atoms with Gasteiger partial charge in [-0.2, -0.15) is 15.0 Å². The number of hydrogen-bond donors (Lipinski definition) is 5. The summed E-state index contributed by atoms with van der Waals surface area (Å²) in [7, 11) is -3.10. The summed E-state index contributed by atoms with van der Waals surface area (Å²) < 4.78 is 30.5. The molecule has 0 saturated carbocycles. The van der Waals surface area contributed by atoms with E-state index in [0.717, 1.165) is 30.4 Å². The standard InChI is InChI=1S/C18H15ClFNO3.C8H14ClN5.C5H12NO4P/c1-3-10(2)24-16-9-15(14(20)8-13(16)19)21-17(22)11-6-4-5-7-12(11)18(21)23;1-4-10-7-12-6(9)13-8(14-7)11-5(2)3;1-11(9,10)3-2-4(6)5(7)8/h1,8-10H,4-7H2,2H3;5H,4H2,1-3H3,(H2,10,11,12,13,14);4H,2-3,6H2,1H3,(H,7,8)(H,9,10). The Morgan fingerprint density at radius 2 is 1.71 bits per heavy atom. The van der Waals surface area contributed by atoms with E-state index in [0.29, 0.717) is 35.9 Å². The molecular formula is C31H41Cl2FN7O7P. The number of carboxylic acid groups (broad SMARTS) is 1. The number of halogens is 3. The second-order valence-electron chi connectivity index (χ2n) is 11.4. The van der Waals surface area contributed by atoms with Gasteiger partial charge in [-0.25, -0.2) is 9.29 Å². The van der Waals surface area contributed by atoms with E-state index in [9.17, 15) is 23.3 Å². The molecule has 2 aliphatic rings. The molecule has 14 nitrogen and oxygen atoms in total. The fourth-order valence-corrected chi connectivity index (χ4v) is 5.49. The monoisotopic (exact) mass is 743 g/mol. The van der Waals surface area contributed by atoms with Gasteiger partial charge in [-0.3, -0.25) is 18.9 Å². The summed E-state index contributed by atoms with van der Waals surface area (Å²) in [4.78, 5) is 56.9. The van der Waals surface area contributed by atoms with Gasteiger partial charge < -0.3 is 31.1 Å². The Morgan fingerprint density at radius 3 is 2.20 bits per heavy atom. The van der Waals surface area contributed by atoms with Crippen molar-refractivity contribution in [2.24, 2.45) is 5.73 Å². The molecule has 0 fully saturated rings. The molecule has 1 aliphatic heterocycles. The molecule has 0 radical (unpaired) electrons. The highest BCUT2D eigenvalue weighted by Gasteiger charge is 2.41. The van der Waals surface area contributed by atoms with E-state index in [4.69, 9.17) is 50.1 Å². The minimum absolute atomic E-state index is 0.0233. The zero-order valence-electron chi connectivity index (χ0n) is 27.8. The maximum atomic E-state index is 14.4. The van der Waals surface area contributed by atoms with E-state index in [1.807, 2.05) is 20.8 Å². The van der Waals surface area contributed by atoms with Crippen LogP contribution in [0.5, 0.6) is 5.75 Å². The molecule has 268 valence electrons. The smallest absolute Gasteiger partial charge is 0.320 e. The SMILES string of the molecule is C#CC(C)Oc1cc(N2C(=O)C3=C(CCCC3)C2=O)c(F)cc1Cl.CCNc1nc(Cl)nc(NC(C)C)n1.CP(=O)(O)CCC(N)C(=O)O. The molecule has 4 rings (SSSR count). The van der Waals surface area contributed by atoms with Gasteiger partial charge in [-0.05, 0) is 77.5 Å². The maximum absolute atomic E-state index is 14.4. The first kappa shape index (κ1) is 41.4. The van der Waals surface area contributed by atoms with Crippen LogP contribution in [0.1, 0.15) is 59.8 Å². The molecule has 1 aromatic carbocycles. The fraction of sp³-hybridized carbons (Fsp3) is 0.484. The summed E-state index contributed by atoms with van der Waals surface area (Å²) in [5.74, 6) is 0.659. The third kappa shape index (κ3) is 12.9. The molecule has 2 aromatic rings. The van der Waals surface area contributed by atoms with Gasteiger partial charge in [0.1, 0.15) is 17.6 Å². The van der Waals surface area contributed by atoms with Crippen LogP contribution in [0, 0.1) is 18.2 Å². The van der Waals surface area contributed by atoms with Crippen LogP contribution < -0.4 is 26.0 Å². The lowest BCUT2D eigenvalue weighted by atomic mass is 9.93. The number of hydrogen-bond acceptors (Lipinski definition) is 11. The van der Waals surface area contributed by atoms with E-state index in [2.05, 4.69) is 31.5 Å². The highest BCUT2D eigenvalue weighted by Crippen LogP contribution is 2.40. The lowest BCUT2D eigenvalue weighted by molar-refractivity contribution is -0.138. The topological polar surface area (TPSA) is 210 Å². The van der Waals surface area contributed by atoms with E-state index < -0.39 is 43.1 Å². The number of carbonyl (C=O) groups excluding carboxylic acids is 2. The van der Waals surface area contributed by atoms with Crippen molar-refractivity contribution in [1.82, 2.24) is 15.0 Å². The van der Waals surface area contributed by atoms with Gasteiger partial charge in [-0.1, -0.05) is 17.5 Å². The van der Waals surface area contributed by atoms with Crippen molar-refractivity contribution in [2.75, 3.05) is 34.9 Å². The van der Waals surface area contributed by atoms with Crippen LogP contribution in [0.15, 0.2) is 23.3 Å². The fourth-order valence-electron chi connectivity index (χ4n) is 4.37. The number of aliphatic carboxylic acids is 1. The molecular weight excluding hydrogens is 703 g/mol. The van der Waals surface area contributed by atoms with Crippen molar-refractivity contribution in [3.05, 3.63) is 39.4 Å². The number of terminal acetylenes is 1. The molecule has 18 heteroatoms. The third-order valence-corrected chi connectivity index (χ3v) is 8.26. The van der Waals surface area contributed by atoms with Crippen molar-refractivity contribution >= 4 is 65.9 Å². The molecule has 0 spiro atoms. The van der Waals surface area contributed by atoms with Gasteiger partial charge in [0, 0.05) is 42.6 Å². The van der Waals surface area contributed by atoms with E-state index in [1.54, 1.807) is 6.92 Å². The molecule has 1 aliphatic carbocycles. The van der Waals surface area contributed by atoms with Gasteiger partial charge in [0.25, 0.3) is 11.8 Å². The van der Waals surface area contributed by atoms with Crippen LogP contribution in [0.3, 0.4) is 0 Å². The molecule has 1 aromatic heterocycles. The lowest BCUT2D eigenvalue weighted by Crippen LogP contribution is -2.32. The van der Waals surface area contributed by atoms with Crippen molar-refractivity contribution in [1.29, 1.82) is 0 Å². The third-order valence-electron chi connectivity index (χ3n) is 6.70. The zero-order chi connectivity index (χ0) is 37.1. The van der Waals surface area contributed by atoms with Gasteiger partial charge in [0.05, 0.1) is 10.7 Å². The van der Waals surface area contributed by atoms with Crippen LogP contribution in [-0.4, -0.2) is 80.3 Å². The number of imide groups is 1. The second kappa shape index (κ2) is 18.8. The normalized spacial score (nSPS) is 16.2. The number of carbonyl (C=O) groups is 3. The number of aromatic nitrogens is 3. The summed E-state index contributed by atoms with van der Waals surface area (Å²) in [5.41, 5.74) is 5.90. The largest absolute Gasteiger partial charge is 0.480 e. The summed E-state index contributed by atoms with van der Waals surface area (Å²) >= 11 is 11.7. The molecule has 3 atom stereocenters. The van der Waals surface area contributed by atoms with Crippen molar-refractivity contribution in [3.63, 3.8) is 0 Å². The number of nitrogens with zero attached hydrogens (tertiary/aromatic N) is 4. The van der Waals surface area contributed by atoms with Crippen LogP contribution in [0.4, 0.5) is 22.0 Å². The number of anilines is 3. The Labute approximate surface area is 294 Å². The first-order valence-electron chi connectivity index (χ1n) is 15.3. The summed E-state index contributed by atoms with van der Waals surface area (Å²) in [6.07, 6.45) is 7.47. The van der Waals surface area contributed by atoms with Crippen LogP contribution in [0.25, 0.3) is 0 Å². The Morgan fingerprint density at radius 1 is 1.14 bits per heavy atom. The van der Waals surface area contributed by atoms with Gasteiger partial charge in [0.15, 0.2) is 13.5 Å². The Bertz CT molecular complexity index is 1620. The van der Waals surface area contributed by atoms with Crippen LogP contribution in [-0.2, 0) is 18.9 Å². The Balaban J connectivity index is 0.000000284. The molecule has 2 heterocycles. The Kier molecular flexibility index (Phi) is 15.9. The molecule has 2 amide bonds. The highest BCUT2D eigenvalue weighted by molar-refractivity contribution is 7.57. The Hall–Kier alpha value is -3.80. The van der Waals surface area contributed by atoms with Gasteiger partial charge in [-0.15, -0.1) is 6.42 Å². The van der Waals surface area contributed by atoms with E-state index in [-0.39, 0.29) is 40.4 Å². The highest BCUT2D eigenvalue weighted by atomic mass is 35.5. The van der Waals surface area contributed by atoms with Crippen molar-refractivity contribution in [2.45, 2.75) is 78.0 Å². The summed E-state index contributed by atoms with van der Waals surface area (Å²) in [5, 5.41) is 14.5. The second-order valence-corrected chi connectivity index (χ2v) is 14.7. The molecule has 0 bridgehead atoms. The molecule has 49 heavy (non-hydrogen) atoms. The van der Waals surface area contributed by atoms with Crippen molar-refractivity contribution in [3.8, 4) is 18.1 Å². The van der Waals surface area contributed by atoms with Gasteiger partial charge >= 0.3 is 5.97 Å². The van der Waals surface area contributed by atoms with Crippen LogP contribution in [0.2, 0.25) is 10.3 Å². The zero-order valence-corrected chi connectivity index (χ0v) is 30.2. The first-order valence-corrected chi connectivity index (χ1v) is 18.3. The number of rotatable bonds is 11. The predicted molar refractivity (Wildman–Crippen MR) is 187 cm³/mol. The number of amides is 2. The number of benzene rings is 1. The molecule has 3 unspecified atom stereocenters. The van der Waals surface area contributed by atoms with Gasteiger partial charge in [0.2, 0.25) is 17.2 Å². The van der Waals surface area contributed by atoms with E-state index >= 15 is 0 Å². The van der Waals surface area contributed by atoms with Crippen molar-refractivity contribution < 1.29 is 38.1 Å². The average Bonchev–Trinajstić information content (AvgIpc) is 3.26. The lowest BCUT2D eigenvalue weighted by Gasteiger charge is -2.19. The minimum atomic E-state index is -3.10. The summed E-state index contributed by atoms with van der Waals surface area (Å²) in [6, 6.07) is 1.51. The molecule has 0 saturated heterocycles. The first-order chi connectivity index (χ1) is 22.9. The number of ether oxygens (including phenoxy) is 1. The average molecular weight is 745 g/mol. The maximum Gasteiger partial charge on any atom is 0.320 e. The summed E-state index contributed by atoms with van der Waals surface area (Å²) in [6.45, 7) is 9.54. The number of nitrogens with one attached hydrogen (secondary N) is 2. The quantitative estimate of drug-likeness (QED) is 0.116. The van der Waals surface area contributed by atoms with Crippen LogP contribution >= 0.6 is 30.6 Å². The minimum Gasteiger partial charge on any atom is -0.480 e.